The minimum Gasteiger partial charge on any atom is -0.396 e. The van der Waals surface area contributed by atoms with E-state index in [-0.39, 0.29) is 12.1 Å². The molecule has 0 bridgehead atoms. The fourth-order valence-corrected chi connectivity index (χ4v) is 4.79. The highest BCUT2D eigenvalue weighted by Gasteiger charge is 2.30. The third-order valence-corrected chi connectivity index (χ3v) is 6.84. The zero-order valence-corrected chi connectivity index (χ0v) is 19.0. The van der Waals surface area contributed by atoms with Gasteiger partial charge in [-0.2, -0.15) is 0 Å². The largest absolute Gasteiger partial charge is 0.396 e. The summed E-state index contributed by atoms with van der Waals surface area (Å²) in [5.74, 6) is 0.496. The maximum Gasteiger partial charge on any atom is 0.329 e. The molecule has 4 rings (SSSR count). The first kappa shape index (κ1) is 21.2. The molecule has 8 heteroatoms. The van der Waals surface area contributed by atoms with Crippen LogP contribution in [0.2, 0.25) is 0 Å². The summed E-state index contributed by atoms with van der Waals surface area (Å²) in [4.78, 5) is 29.9. The molecule has 0 unspecified atom stereocenters. The van der Waals surface area contributed by atoms with Crippen molar-refractivity contribution in [3.8, 4) is 11.3 Å². The molecule has 0 saturated heterocycles. The van der Waals surface area contributed by atoms with Crippen molar-refractivity contribution in [2.45, 2.75) is 58.9 Å². The zero-order chi connectivity index (χ0) is 22.0. The maximum absolute atomic E-state index is 13.5. The predicted molar refractivity (Wildman–Crippen MR) is 127 cm³/mol. The molecule has 2 amide bonds. The standard InChI is InChI=1S/C23H28N6OS/c1-14-11-12-25-13-18(14)20-10-9-19(24)21(27-20)29(17-7-5-4-6-8-17)23(30)28-22-26-15(2)16(3)31-22/h9-13,17H,4-8,24H2,1-3H3,(H,26,28,30). The van der Waals surface area contributed by atoms with Gasteiger partial charge in [-0.1, -0.05) is 19.3 Å². The molecule has 162 valence electrons. The predicted octanol–water partition coefficient (Wildman–Crippen LogP) is 5.48. The molecule has 0 aliphatic heterocycles. The number of nitrogen functional groups attached to an aromatic ring is 1. The third-order valence-electron chi connectivity index (χ3n) is 5.85. The molecule has 3 N–H and O–H groups in total. The Bertz CT molecular complexity index is 1070. The Hall–Kier alpha value is -3.00. The first-order chi connectivity index (χ1) is 14.9. The number of thiazole rings is 1. The van der Waals surface area contributed by atoms with E-state index in [2.05, 4.69) is 15.3 Å². The Morgan fingerprint density at radius 1 is 1.13 bits per heavy atom. The van der Waals surface area contributed by atoms with E-state index >= 15 is 0 Å². The van der Waals surface area contributed by atoms with Crippen LogP contribution in [0.3, 0.4) is 0 Å². The van der Waals surface area contributed by atoms with Crippen LogP contribution < -0.4 is 16.0 Å². The number of aromatic nitrogens is 3. The topological polar surface area (TPSA) is 97.0 Å². The van der Waals surface area contributed by atoms with E-state index in [0.717, 1.165) is 53.1 Å². The Labute approximate surface area is 186 Å². The zero-order valence-electron chi connectivity index (χ0n) is 18.2. The number of hydrogen-bond acceptors (Lipinski definition) is 6. The van der Waals surface area contributed by atoms with Gasteiger partial charge in [0, 0.05) is 28.9 Å². The fourth-order valence-electron chi connectivity index (χ4n) is 3.99. The molecule has 0 spiro atoms. The summed E-state index contributed by atoms with van der Waals surface area (Å²) < 4.78 is 0. The van der Waals surface area contributed by atoms with E-state index in [9.17, 15) is 4.79 Å². The van der Waals surface area contributed by atoms with Gasteiger partial charge in [0.15, 0.2) is 10.9 Å². The van der Waals surface area contributed by atoms with Gasteiger partial charge in [0.05, 0.1) is 17.1 Å². The number of nitrogens with zero attached hydrogens (tertiary/aromatic N) is 4. The minimum atomic E-state index is -0.236. The summed E-state index contributed by atoms with van der Waals surface area (Å²) in [5, 5.41) is 3.58. The molecule has 0 radical (unpaired) electrons. The number of amides is 2. The third kappa shape index (κ3) is 4.54. The van der Waals surface area contributed by atoms with Crippen LogP contribution in [0.1, 0.15) is 48.2 Å². The van der Waals surface area contributed by atoms with Crippen molar-refractivity contribution in [2.24, 2.45) is 0 Å². The lowest BCUT2D eigenvalue weighted by Crippen LogP contribution is -2.45. The van der Waals surface area contributed by atoms with E-state index in [1.165, 1.54) is 17.8 Å². The molecule has 1 aliphatic rings. The number of urea groups is 1. The second-order valence-corrected chi connectivity index (χ2v) is 9.26. The van der Waals surface area contributed by atoms with Crippen molar-refractivity contribution >= 4 is 34.0 Å². The van der Waals surface area contributed by atoms with Crippen molar-refractivity contribution in [3.05, 3.63) is 46.7 Å². The molecule has 1 aliphatic carbocycles. The number of carbonyl (C=O) groups is 1. The highest BCUT2D eigenvalue weighted by atomic mass is 32.1. The monoisotopic (exact) mass is 436 g/mol. The minimum absolute atomic E-state index is 0.0518. The smallest absolute Gasteiger partial charge is 0.329 e. The SMILES string of the molecule is Cc1ccncc1-c1ccc(N)c(N(C(=O)Nc2nc(C)c(C)s2)C2CCCCC2)n1. The van der Waals surface area contributed by atoms with Gasteiger partial charge in [0.25, 0.3) is 0 Å². The van der Waals surface area contributed by atoms with Gasteiger partial charge in [0.2, 0.25) is 0 Å². The van der Waals surface area contributed by atoms with E-state index < -0.39 is 0 Å². The first-order valence-electron chi connectivity index (χ1n) is 10.7. The Balaban J connectivity index is 1.73. The number of aryl methyl sites for hydroxylation is 3. The Morgan fingerprint density at radius 3 is 2.58 bits per heavy atom. The lowest BCUT2D eigenvalue weighted by atomic mass is 9.94. The van der Waals surface area contributed by atoms with Crippen LogP contribution in [0.4, 0.5) is 21.4 Å². The molecule has 0 aromatic carbocycles. The van der Waals surface area contributed by atoms with Gasteiger partial charge in [-0.3, -0.25) is 15.2 Å². The second kappa shape index (κ2) is 9.01. The summed E-state index contributed by atoms with van der Waals surface area (Å²) in [6.07, 6.45) is 8.78. The Kier molecular flexibility index (Phi) is 6.18. The molecule has 3 aromatic rings. The highest BCUT2D eigenvalue weighted by molar-refractivity contribution is 7.15. The maximum atomic E-state index is 13.5. The average Bonchev–Trinajstić information content (AvgIpc) is 3.07. The lowest BCUT2D eigenvalue weighted by molar-refractivity contribution is 0.252. The number of nitrogens with one attached hydrogen (secondary N) is 1. The van der Waals surface area contributed by atoms with E-state index in [1.54, 1.807) is 17.3 Å². The molecule has 1 fully saturated rings. The van der Waals surface area contributed by atoms with E-state index in [1.807, 2.05) is 39.0 Å². The summed E-state index contributed by atoms with van der Waals surface area (Å²) >= 11 is 1.48. The summed E-state index contributed by atoms with van der Waals surface area (Å²) in [6, 6.07) is 5.47. The quantitative estimate of drug-likeness (QED) is 0.564. The summed E-state index contributed by atoms with van der Waals surface area (Å²) in [7, 11) is 0. The molecule has 1 saturated carbocycles. The van der Waals surface area contributed by atoms with Gasteiger partial charge in [0.1, 0.15) is 0 Å². The van der Waals surface area contributed by atoms with Gasteiger partial charge in [-0.05, 0) is 57.4 Å². The Morgan fingerprint density at radius 2 is 1.90 bits per heavy atom. The van der Waals surface area contributed by atoms with Crippen molar-refractivity contribution in [2.75, 3.05) is 16.0 Å². The molecule has 3 heterocycles. The number of carbonyl (C=O) groups excluding carboxylic acids is 1. The van der Waals surface area contributed by atoms with Gasteiger partial charge in [-0.25, -0.2) is 14.8 Å². The highest BCUT2D eigenvalue weighted by Crippen LogP contribution is 2.33. The number of pyridine rings is 2. The van der Waals surface area contributed by atoms with Crippen LogP contribution in [0.15, 0.2) is 30.6 Å². The molecule has 7 nitrogen and oxygen atoms in total. The number of hydrogen-bond donors (Lipinski definition) is 2. The van der Waals surface area contributed by atoms with Crippen molar-refractivity contribution in [1.29, 1.82) is 0 Å². The van der Waals surface area contributed by atoms with Crippen LogP contribution in [0, 0.1) is 20.8 Å². The van der Waals surface area contributed by atoms with Gasteiger partial charge < -0.3 is 5.73 Å². The summed E-state index contributed by atoms with van der Waals surface area (Å²) in [5.41, 5.74) is 10.5. The first-order valence-corrected chi connectivity index (χ1v) is 11.5. The van der Waals surface area contributed by atoms with Gasteiger partial charge in [-0.15, -0.1) is 11.3 Å². The number of rotatable bonds is 4. The normalized spacial score (nSPS) is 14.4. The molecule has 0 atom stereocenters. The number of anilines is 3. The van der Waals surface area contributed by atoms with Crippen LogP contribution >= 0.6 is 11.3 Å². The van der Waals surface area contributed by atoms with Crippen LogP contribution in [-0.4, -0.2) is 27.0 Å². The molecular weight excluding hydrogens is 408 g/mol. The van der Waals surface area contributed by atoms with Crippen LogP contribution in [0.25, 0.3) is 11.3 Å². The van der Waals surface area contributed by atoms with Crippen LogP contribution in [-0.2, 0) is 0 Å². The van der Waals surface area contributed by atoms with Crippen LogP contribution in [0.5, 0.6) is 0 Å². The number of nitrogens with two attached hydrogens (primary N) is 1. The molecule has 31 heavy (non-hydrogen) atoms. The van der Waals surface area contributed by atoms with Crippen molar-refractivity contribution < 1.29 is 4.79 Å². The van der Waals surface area contributed by atoms with E-state index in [0.29, 0.717) is 16.6 Å². The molecular formula is C23H28N6OS. The van der Waals surface area contributed by atoms with E-state index in [4.69, 9.17) is 10.7 Å². The van der Waals surface area contributed by atoms with Gasteiger partial charge >= 0.3 is 6.03 Å². The van der Waals surface area contributed by atoms with Crippen molar-refractivity contribution in [1.82, 2.24) is 15.0 Å². The molecule has 3 aromatic heterocycles. The lowest BCUT2D eigenvalue weighted by Gasteiger charge is -2.34. The second-order valence-electron chi connectivity index (χ2n) is 8.05. The summed E-state index contributed by atoms with van der Waals surface area (Å²) in [6.45, 7) is 5.97. The van der Waals surface area contributed by atoms with Crippen molar-refractivity contribution in [3.63, 3.8) is 0 Å². The fraction of sp³-hybridized carbons (Fsp3) is 0.391. The average molecular weight is 437 g/mol.